The Morgan fingerprint density at radius 1 is 1.27 bits per heavy atom. The number of anilines is 1. The number of aromatic nitrogens is 2. The SMILES string of the molecule is O=C(O)N1CCN2c3c(nnc4cc(-c5c(O)cccc5F)c(Cl)cc34)OC[C@H]2C1. The number of nitrogens with zero attached hydrogens (tertiary/aromatic N) is 4. The predicted molar refractivity (Wildman–Crippen MR) is 108 cm³/mol. The molecule has 10 heteroatoms. The van der Waals surface area contributed by atoms with E-state index in [1.165, 1.54) is 23.1 Å². The van der Waals surface area contributed by atoms with Crippen molar-refractivity contribution in [1.82, 2.24) is 15.1 Å². The molecule has 1 atom stereocenters. The average molecular weight is 431 g/mol. The Morgan fingerprint density at radius 2 is 2.10 bits per heavy atom. The first-order valence-electron chi connectivity index (χ1n) is 9.29. The van der Waals surface area contributed by atoms with E-state index in [0.29, 0.717) is 54.3 Å². The molecule has 2 aliphatic rings. The van der Waals surface area contributed by atoms with E-state index in [-0.39, 0.29) is 22.4 Å². The minimum atomic E-state index is -0.962. The van der Waals surface area contributed by atoms with Crippen molar-refractivity contribution in [2.45, 2.75) is 6.04 Å². The lowest BCUT2D eigenvalue weighted by Crippen LogP contribution is -2.58. The third-order valence-electron chi connectivity index (χ3n) is 5.51. The van der Waals surface area contributed by atoms with Gasteiger partial charge >= 0.3 is 6.09 Å². The molecule has 0 aliphatic carbocycles. The van der Waals surface area contributed by atoms with Crippen molar-refractivity contribution in [3.05, 3.63) is 41.2 Å². The molecule has 0 radical (unpaired) electrons. The largest absolute Gasteiger partial charge is 0.507 e. The summed E-state index contributed by atoms with van der Waals surface area (Å²) >= 11 is 6.49. The molecule has 2 aromatic carbocycles. The van der Waals surface area contributed by atoms with Crippen molar-refractivity contribution >= 4 is 34.3 Å². The van der Waals surface area contributed by atoms with Gasteiger partial charge in [0.2, 0.25) is 0 Å². The van der Waals surface area contributed by atoms with Crippen molar-refractivity contribution in [2.24, 2.45) is 0 Å². The molecule has 0 saturated carbocycles. The topological polar surface area (TPSA) is 99.0 Å². The molecular weight excluding hydrogens is 415 g/mol. The second-order valence-electron chi connectivity index (χ2n) is 7.22. The van der Waals surface area contributed by atoms with Crippen LogP contribution in [0.15, 0.2) is 30.3 Å². The molecule has 30 heavy (non-hydrogen) atoms. The molecule has 2 aliphatic heterocycles. The number of halogens is 2. The molecular formula is C20H16ClFN4O4. The van der Waals surface area contributed by atoms with Crippen molar-refractivity contribution in [1.29, 1.82) is 0 Å². The van der Waals surface area contributed by atoms with Gasteiger partial charge in [-0.05, 0) is 24.3 Å². The van der Waals surface area contributed by atoms with E-state index in [1.54, 1.807) is 12.1 Å². The van der Waals surface area contributed by atoms with Crippen LogP contribution in [0.4, 0.5) is 14.9 Å². The maximum Gasteiger partial charge on any atom is 0.407 e. The van der Waals surface area contributed by atoms with Gasteiger partial charge in [0.1, 0.15) is 23.9 Å². The molecule has 1 amide bonds. The van der Waals surface area contributed by atoms with Gasteiger partial charge in [-0.3, -0.25) is 0 Å². The van der Waals surface area contributed by atoms with Crippen LogP contribution < -0.4 is 9.64 Å². The van der Waals surface area contributed by atoms with Crippen LogP contribution in [0.2, 0.25) is 5.02 Å². The summed E-state index contributed by atoms with van der Waals surface area (Å²) in [6.07, 6.45) is -0.962. The molecule has 3 aromatic rings. The number of phenols is 1. The quantitative estimate of drug-likeness (QED) is 0.610. The number of benzene rings is 2. The fourth-order valence-electron chi connectivity index (χ4n) is 4.08. The van der Waals surface area contributed by atoms with Crippen LogP contribution in [-0.2, 0) is 0 Å². The van der Waals surface area contributed by atoms with Gasteiger partial charge in [-0.1, -0.05) is 17.7 Å². The van der Waals surface area contributed by atoms with E-state index in [9.17, 15) is 19.4 Å². The molecule has 5 rings (SSSR count). The number of carbonyl (C=O) groups is 1. The fraction of sp³-hybridized carbons (Fsp3) is 0.250. The normalized spacial score (nSPS) is 18.0. The molecule has 1 fully saturated rings. The smallest absolute Gasteiger partial charge is 0.407 e. The highest BCUT2D eigenvalue weighted by Crippen LogP contribution is 2.43. The zero-order valence-corrected chi connectivity index (χ0v) is 16.3. The third-order valence-corrected chi connectivity index (χ3v) is 5.82. The summed E-state index contributed by atoms with van der Waals surface area (Å²) in [6.45, 7) is 1.44. The number of aromatic hydroxyl groups is 1. The van der Waals surface area contributed by atoms with Gasteiger partial charge < -0.3 is 24.7 Å². The van der Waals surface area contributed by atoms with Gasteiger partial charge in [0.25, 0.3) is 5.88 Å². The zero-order valence-electron chi connectivity index (χ0n) is 15.5. The van der Waals surface area contributed by atoms with E-state index in [2.05, 4.69) is 15.1 Å². The average Bonchev–Trinajstić information content (AvgIpc) is 2.73. The third kappa shape index (κ3) is 2.85. The van der Waals surface area contributed by atoms with Gasteiger partial charge in [-0.2, -0.15) is 0 Å². The number of ether oxygens (including phenoxy) is 1. The summed E-state index contributed by atoms with van der Waals surface area (Å²) in [7, 11) is 0. The predicted octanol–water partition coefficient (Wildman–Crippen LogP) is 3.36. The van der Waals surface area contributed by atoms with E-state index < -0.39 is 11.9 Å². The number of carboxylic acid groups (broad SMARTS) is 1. The molecule has 3 heterocycles. The molecule has 0 bridgehead atoms. The van der Waals surface area contributed by atoms with Gasteiger partial charge in [-0.15, -0.1) is 10.2 Å². The first kappa shape index (κ1) is 18.7. The Hall–Kier alpha value is -3.33. The number of phenolic OH excluding ortho intramolecular Hbond substituents is 1. The van der Waals surface area contributed by atoms with Crippen LogP contribution in [0.1, 0.15) is 0 Å². The van der Waals surface area contributed by atoms with E-state index in [1.807, 2.05) is 0 Å². The van der Waals surface area contributed by atoms with Crippen LogP contribution in [0.5, 0.6) is 11.6 Å². The monoisotopic (exact) mass is 430 g/mol. The van der Waals surface area contributed by atoms with E-state index in [0.717, 1.165) is 0 Å². The van der Waals surface area contributed by atoms with Crippen LogP contribution in [0.25, 0.3) is 22.0 Å². The molecule has 0 spiro atoms. The zero-order chi connectivity index (χ0) is 21.0. The standard InChI is InChI=1S/C20H16ClFN4O4/c21-13-6-12-15(7-11(13)17-14(22)2-1-3-16(17)27)23-24-19-18(12)26-5-4-25(20(28)29)8-10(26)9-30-19/h1-3,6-7,10,27H,4-5,8-9H2,(H,28,29)/t10-/m1/s1. The molecule has 0 unspecified atom stereocenters. The van der Waals surface area contributed by atoms with Crippen molar-refractivity contribution < 1.29 is 24.1 Å². The summed E-state index contributed by atoms with van der Waals surface area (Å²) in [5.74, 6) is -0.481. The van der Waals surface area contributed by atoms with Gasteiger partial charge in [0, 0.05) is 35.6 Å². The molecule has 154 valence electrons. The molecule has 1 aromatic heterocycles. The summed E-state index contributed by atoms with van der Waals surface area (Å²) < 4.78 is 20.1. The van der Waals surface area contributed by atoms with Gasteiger partial charge in [0.15, 0.2) is 0 Å². The maximum absolute atomic E-state index is 14.4. The summed E-state index contributed by atoms with van der Waals surface area (Å²) in [6, 6.07) is 7.12. The second-order valence-corrected chi connectivity index (χ2v) is 7.63. The van der Waals surface area contributed by atoms with Crippen molar-refractivity contribution in [3.63, 3.8) is 0 Å². The maximum atomic E-state index is 14.4. The van der Waals surface area contributed by atoms with Gasteiger partial charge in [-0.25, -0.2) is 9.18 Å². The minimum absolute atomic E-state index is 0.00637. The Morgan fingerprint density at radius 3 is 2.87 bits per heavy atom. The molecule has 1 saturated heterocycles. The first-order chi connectivity index (χ1) is 14.4. The van der Waals surface area contributed by atoms with Crippen LogP contribution in [-0.4, -0.2) is 63.7 Å². The fourth-order valence-corrected chi connectivity index (χ4v) is 4.34. The number of amides is 1. The van der Waals surface area contributed by atoms with E-state index >= 15 is 0 Å². The van der Waals surface area contributed by atoms with E-state index in [4.69, 9.17) is 16.3 Å². The summed E-state index contributed by atoms with van der Waals surface area (Å²) in [5, 5.41) is 28.7. The highest BCUT2D eigenvalue weighted by atomic mass is 35.5. The van der Waals surface area contributed by atoms with Crippen molar-refractivity contribution in [3.8, 4) is 22.8 Å². The number of hydrogen-bond acceptors (Lipinski definition) is 6. The Kier molecular flexibility index (Phi) is 4.28. The lowest BCUT2D eigenvalue weighted by atomic mass is 10.0. The minimum Gasteiger partial charge on any atom is -0.507 e. The van der Waals surface area contributed by atoms with Crippen LogP contribution >= 0.6 is 11.6 Å². The second kappa shape index (κ2) is 6.88. The van der Waals surface area contributed by atoms with Crippen molar-refractivity contribution in [2.75, 3.05) is 31.1 Å². The number of rotatable bonds is 1. The highest BCUT2D eigenvalue weighted by Gasteiger charge is 2.36. The Balaban J connectivity index is 1.64. The summed E-state index contributed by atoms with van der Waals surface area (Å²) in [4.78, 5) is 14.8. The van der Waals surface area contributed by atoms with Gasteiger partial charge in [0.05, 0.1) is 17.1 Å². The highest BCUT2D eigenvalue weighted by molar-refractivity contribution is 6.34. The van der Waals surface area contributed by atoms with Crippen LogP contribution in [0, 0.1) is 5.82 Å². The lowest BCUT2D eigenvalue weighted by Gasteiger charge is -2.44. The molecule has 8 nitrogen and oxygen atoms in total. The molecule has 2 N–H and O–H groups in total. The Bertz CT molecular complexity index is 1170. The number of fused-ring (bicyclic) bond motifs is 5. The number of hydrogen-bond donors (Lipinski definition) is 2. The summed E-state index contributed by atoms with van der Waals surface area (Å²) in [5.41, 5.74) is 1.44. The van der Waals surface area contributed by atoms with Crippen LogP contribution in [0.3, 0.4) is 0 Å². The number of piperazine rings is 1. The Labute approximate surface area is 175 Å². The lowest BCUT2D eigenvalue weighted by molar-refractivity contribution is 0.122. The first-order valence-corrected chi connectivity index (χ1v) is 9.67.